The van der Waals surface area contributed by atoms with Gasteiger partial charge in [0.15, 0.2) is 9.84 Å². The number of aromatic nitrogens is 1. The van der Waals surface area contributed by atoms with Crippen LogP contribution in [0.1, 0.15) is 11.3 Å². The average Bonchev–Trinajstić information content (AvgIpc) is 3.04. The van der Waals surface area contributed by atoms with Crippen molar-refractivity contribution in [3.8, 4) is 16.9 Å². The van der Waals surface area contributed by atoms with Crippen molar-refractivity contribution in [2.45, 2.75) is 18.2 Å². The number of hydrogen-bond donors (Lipinski definition) is 0. The molecule has 1 heterocycles. The highest BCUT2D eigenvalue weighted by Crippen LogP contribution is 2.30. The van der Waals surface area contributed by atoms with Gasteiger partial charge < -0.3 is 14.0 Å². The van der Waals surface area contributed by atoms with E-state index in [1.165, 1.54) is 18.4 Å². The lowest BCUT2D eigenvalue weighted by molar-refractivity contribution is 0.0722. The Balaban J connectivity index is 1.99. The van der Waals surface area contributed by atoms with Gasteiger partial charge in [-0.2, -0.15) is 0 Å². The highest BCUT2D eigenvalue weighted by Gasteiger charge is 2.16. The number of hydrogen-bond acceptors (Lipinski definition) is 4. The molecule has 0 spiro atoms. The van der Waals surface area contributed by atoms with Crippen molar-refractivity contribution in [2.24, 2.45) is 0 Å². The average molecular weight is 432 g/mol. The molecule has 3 rings (SSSR count). The van der Waals surface area contributed by atoms with Gasteiger partial charge in [-0.1, -0.05) is 12.1 Å². The Morgan fingerprint density at radius 1 is 0.967 bits per heavy atom. The van der Waals surface area contributed by atoms with E-state index in [1.54, 1.807) is 43.5 Å². The van der Waals surface area contributed by atoms with Crippen LogP contribution in [0.5, 0.6) is 0 Å². The van der Waals surface area contributed by atoms with Crippen molar-refractivity contribution < 1.29 is 22.3 Å². The minimum atomic E-state index is -3.27. The summed E-state index contributed by atoms with van der Waals surface area (Å²) in [5.41, 5.74) is 4.76. The maximum atomic E-state index is 13.5. The molecule has 0 fully saturated rings. The Morgan fingerprint density at radius 2 is 1.63 bits per heavy atom. The molecule has 0 amide bonds. The van der Waals surface area contributed by atoms with E-state index in [9.17, 15) is 12.8 Å². The number of sulfone groups is 1. The van der Waals surface area contributed by atoms with E-state index in [0.717, 1.165) is 34.6 Å². The highest BCUT2D eigenvalue weighted by molar-refractivity contribution is 7.90. The van der Waals surface area contributed by atoms with Crippen LogP contribution in [0.15, 0.2) is 59.5 Å². The summed E-state index contributed by atoms with van der Waals surface area (Å²) in [5.74, 6) is -0.297. The largest absolute Gasteiger partial charge is 0.382 e. The van der Waals surface area contributed by atoms with Crippen LogP contribution in [-0.4, -0.2) is 46.2 Å². The van der Waals surface area contributed by atoms with E-state index < -0.39 is 9.84 Å². The van der Waals surface area contributed by atoms with Crippen LogP contribution in [0.2, 0.25) is 0 Å². The second-order valence-corrected chi connectivity index (χ2v) is 9.12. The Morgan fingerprint density at radius 3 is 2.23 bits per heavy atom. The van der Waals surface area contributed by atoms with Crippen molar-refractivity contribution in [1.82, 2.24) is 4.57 Å². The topological polar surface area (TPSA) is 57.5 Å². The van der Waals surface area contributed by atoms with Crippen molar-refractivity contribution in [2.75, 3.05) is 33.2 Å². The molecule has 0 bridgehead atoms. The Kier molecular flexibility index (Phi) is 7.07. The smallest absolute Gasteiger partial charge is 0.175 e. The first kappa shape index (κ1) is 22.2. The lowest BCUT2D eigenvalue weighted by Gasteiger charge is -2.13. The summed E-state index contributed by atoms with van der Waals surface area (Å²) >= 11 is 0. The molecule has 2 aromatic carbocycles. The van der Waals surface area contributed by atoms with Gasteiger partial charge in [0.2, 0.25) is 0 Å². The SMILES string of the molecule is COCCOCCc1cc(-c2ccc(S(C)(=O)=O)cc2)n(-c2ccc(F)cc2)c1C. The monoisotopic (exact) mass is 431 g/mol. The van der Waals surface area contributed by atoms with Gasteiger partial charge in [-0.05, 0) is 66.9 Å². The van der Waals surface area contributed by atoms with E-state index >= 15 is 0 Å². The molecule has 1 aromatic heterocycles. The lowest BCUT2D eigenvalue weighted by atomic mass is 10.1. The van der Waals surface area contributed by atoms with Gasteiger partial charge in [0, 0.05) is 24.7 Å². The third kappa shape index (κ3) is 5.16. The summed E-state index contributed by atoms with van der Waals surface area (Å²) in [4.78, 5) is 0.273. The maximum absolute atomic E-state index is 13.5. The van der Waals surface area contributed by atoms with Crippen LogP contribution in [0.4, 0.5) is 4.39 Å². The molecule has 0 radical (unpaired) electrons. The molecule has 160 valence electrons. The molecule has 3 aromatic rings. The molecule has 0 unspecified atom stereocenters. The van der Waals surface area contributed by atoms with Crippen molar-refractivity contribution >= 4 is 9.84 Å². The first-order valence-electron chi connectivity index (χ1n) is 9.65. The quantitative estimate of drug-likeness (QED) is 0.477. The zero-order chi connectivity index (χ0) is 21.7. The van der Waals surface area contributed by atoms with Crippen LogP contribution in [-0.2, 0) is 25.7 Å². The van der Waals surface area contributed by atoms with Gasteiger partial charge in [0.1, 0.15) is 5.82 Å². The minimum absolute atomic E-state index is 0.273. The van der Waals surface area contributed by atoms with Gasteiger partial charge >= 0.3 is 0 Å². The molecular formula is C23H26FNO4S. The van der Waals surface area contributed by atoms with Gasteiger partial charge in [-0.3, -0.25) is 0 Å². The summed E-state index contributed by atoms with van der Waals surface area (Å²) in [6.45, 7) is 3.66. The third-order valence-corrected chi connectivity index (χ3v) is 6.09. The first-order valence-corrected chi connectivity index (χ1v) is 11.5. The fourth-order valence-corrected chi connectivity index (χ4v) is 3.98. The van der Waals surface area contributed by atoms with Gasteiger partial charge in [0.05, 0.1) is 30.4 Å². The zero-order valence-corrected chi connectivity index (χ0v) is 18.2. The number of methoxy groups -OCH3 is 1. The number of halogens is 1. The number of nitrogens with zero attached hydrogens (tertiary/aromatic N) is 1. The lowest BCUT2D eigenvalue weighted by Crippen LogP contribution is -2.06. The molecule has 0 saturated carbocycles. The minimum Gasteiger partial charge on any atom is -0.382 e. The summed E-state index contributed by atoms with van der Waals surface area (Å²) in [6, 6.07) is 15.2. The molecule has 30 heavy (non-hydrogen) atoms. The highest BCUT2D eigenvalue weighted by atomic mass is 32.2. The molecule has 0 saturated heterocycles. The standard InChI is InChI=1S/C23H26FNO4S/c1-17-19(12-13-29-15-14-28-2)16-23(25(17)21-8-6-20(24)7-9-21)18-4-10-22(11-5-18)30(3,26)27/h4-11,16H,12-15H2,1-3H3. The van der Waals surface area contributed by atoms with Crippen LogP contribution in [0, 0.1) is 12.7 Å². The second kappa shape index (κ2) is 9.55. The van der Waals surface area contributed by atoms with Gasteiger partial charge in [0.25, 0.3) is 0 Å². The molecule has 0 aliphatic rings. The number of rotatable bonds is 9. The normalized spacial score (nSPS) is 11.7. The number of ether oxygens (including phenoxy) is 2. The zero-order valence-electron chi connectivity index (χ0n) is 17.4. The molecule has 5 nitrogen and oxygen atoms in total. The predicted molar refractivity (Wildman–Crippen MR) is 115 cm³/mol. The Bertz CT molecular complexity index is 1090. The van der Waals surface area contributed by atoms with Crippen LogP contribution >= 0.6 is 0 Å². The molecule has 0 atom stereocenters. The molecule has 0 aliphatic carbocycles. The van der Waals surface area contributed by atoms with E-state index in [-0.39, 0.29) is 10.7 Å². The van der Waals surface area contributed by atoms with E-state index in [4.69, 9.17) is 9.47 Å². The van der Waals surface area contributed by atoms with E-state index in [2.05, 4.69) is 10.6 Å². The van der Waals surface area contributed by atoms with Gasteiger partial charge in [-0.15, -0.1) is 0 Å². The van der Waals surface area contributed by atoms with Crippen LogP contribution in [0.3, 0.4) is 0 Å². The molecule has 0 N–H and O–H groups in total. The van der Waals surface area contributed by atoms with Crippen molar-refractivity contribution in [3.05, 3.63) is 71.7 Å². The predicted octanol–water partition coefficient (Wildman–Crippen LogP) is 4.20. The summed E-state index contributed by atoms with van der Waals surface area (Å²) in [7, 11) is -1.63. The summed E-state index contributed by atoms with van der Waals surface area (Å²) in [6.07, 6.45) is 1.91. The van der Waals surface area contributed by atoms with Gasteiger partial charge in [-0.25, -0.2) is 12.8 Å². The van der Waals surface area contributed by atoms with Crippen molar-refractivity contribution in [1.29, 1.82) is 0 Å². The molecule has 7 heteroatoms. The van der Waals surface area contributed by atoms with Crippen LogP contribution in [0.25, 0.3) is 16.9 Å². The fraction of sp³-hybridized carbons (Fsp3) is 0.304. The van der Waals surface area contributed by atoms with Crippen molar-refractivity contribution in [3.63, 3.8) is 0 Å². The molecule has 0 aliphatic heterocycles. The number of benzene rings is 2. The van der Waals surface area contributed by atoms with Crippen LogP contribution < -0.4 is 0 Å². The Hall–Kier alpha value is -2.48. The third-order valence-electron chi connectivity index (χ3n) is 4.96. The first-order chi connectivity index (χ1) is 14.3. The molecular weight excluding hydrogens is 405 g/mol. The maximum Gasteiger partial charge on any atom is 0.175 e. The Labute approximate surface area is 177 Å². The summed E-state index contributed by atoms with van der Waals surface area (Å²) < 4.78 is 49.7. The van der Waals surface area contributed by atoms with E-state index in [1.807, 2.05) is 6.92 Å². The second-order valence-electron chi connectivity index (χ2n) is 7.10. The summed E-state index contributed by atoms with van der Waals surface area (Å²) in [5, 5.41) is 0. The fourth-order valence-electron chi connectivity index (χ4n) is 3.35. The van der Waals surface area contributed by atoms with E-state index in [0.29, 0.717) is 19.8 Å².